The molecule has 1 aliphatic rings. The van der Waals surface area contributed by atoms with E-state index in [9.17, 15) is 4.79 Å². The van der Waals surface area contributed by atoms with Crippen molar-refractivity contribution in [3.05, 3.63) is 11.6 Å². The summed E-state index contributed by atoms with van der Waals surface area (Å²) in [6.45, 7) is 8.08. The van der Waals surface area contributed by atoms with E-state index in [2.05, 4.69) is 29.0 Å². The molecule has 1 N–H and O–H groups in total. The zero-order chi connectivity index (χ0) is 13.2. The lowest BCUT2D eigenvalue weighted by Crippen LogP contribution is -2.32. The van der Waals surface area contributed by atoms with Crippen molar-refractivity contribution in [1.29, 1.82) is 0 Å². The van der Waals surface area contributed by atoms with Crippen LogP contribution in [-0.2, 0) is 6.42 Å². The van der Waals surface area contributed by atoms with Gasteiger partial charge in [-0.2, -0.15) is 0 Å². The van der Waals surface area contributed by atoms with Crippen molar-refractivity contribution < 1.29 is 4.79 Å². The van der Waals surface area contributed by atoms with Crippen molar-refractivity contribution in [1.82, 2.24) is 20.1 Å². The van der Waals surface area contributed by atoms with Crippen LogP contribution in [0.4, 0.5) is 0 Å². The summed E-state index contributed by atoms with van der Waals surface area (Å²) in [4.78, 5) is 18.4. The van der Waals surface area contributed by atoms with E-state index in [0.29, 0.717) is 11.2 Å². The molecule has 0 unspecified atom stereocenters. The molecule has 5 nitrogen and oxygen atoms in total. The van der Waals surface area contributed by atoms with Gasteiger partial charge in [-0.05, 0) is 24.7 Å². The second-order valence-electron chi connectivity index (χ2n) is 5.14. The number of rotatable bonds is 4. The van der Waals surface area contributed by atoms with Crippen molar-refractivity contribution >= 4 is 5.91 Å². The number of hydrogen-bond donors (Lipinski definition) is 1. The number of aromatic nitrogens is 3. The Hall–Kier alpha value is -1.39. The molecule has 0 spiro atoms. The second kappa shape index (κ2) is 5.08. The molecule has 0 aliphatic carbocycles. The Balaban J connectivity index is 2.07. The van der Waals surface area contributed by atoms with Gasteiger partial charge < -0.3 is 4.90 Å². The Bertz CT molecular complexity index is 422. The van der Waals surface area contributed by atoms with E-state index in [1.165, 1.54) is 0 Å². The molecule has 1 aromatic heterocycles. The number of likely N-dealkylation sites (tertiary alicyclic amines) is 1. The molecule has 0 atom stereocenters. The average Bonchev–Trinajstić information content (AvgIpc) is 3.05. The molecule has 1 aliphatic heterocycles. The van der Waals surface area contributed by atoms with Gasteiger partial charge in [-0.15, -0.1) is 5.10 Å². The highest BCUT2D eigenvalue weighted by Gasteiger charge is 2.38. The van der Waals surface area contributed by atoms with Crippen LogP contribution in [0.1, 0.15) is 56.5 Å². The van der Waals surface area contributed by atoms with Gasteiger partial charge in [0.2, 0.25) is 5.82 Å². The van der Waals surface area contributed by atoms with Gasteiger partial charge in [0.05, 0.1) is 0 Å². The van der Waals surface area contributed by atoms with E-state index in [1.54, 1.807) is 0 Å². The SMILES string of the molecule is CCc1nc(C(=O)N2CCC(CC)(CC)C2)n[nH]1. The number of nitrogens with zero attached hydrogens (tertiary/aromatic N) is 3. The summed E-state index contributed by atoms with van der Waals surface area (Å²) in [5.74, 6) is 1.05. The van der Waals surface area contributed by atoms with Crippen molar-refractivity contribution in [2.45, 2.75) is 46.5 Å². The number of carbonyl (C=O) groups is 1. The van der Waals surface area contributed by atoms with Crippen molar-refractivity contribution in [2.75, 3.05) is 13.1 Å². The predicted octanol–water partition coefficient (Wildman–Crippen LogP) is 2.02. The molecule has 1 fully saturated rings. The van der Waals surface area contributed by atoms with E-state index in [0.717, 1.165) is 44.6 Å². The molecule has 1 amide bonds. The van der Waals surface area contributed by atoms with E-state index in [1.807, 2.05) is 11.8 Å². The van der Waals surface area contributed by atoms with Gasteiger partial charge in [-0.3, -0.25) is 9.89 Å². The van der Waals surface area contributed by atoms with Crippen molar-refractivity contribution in [3.63, 3.8) is 0 Å². The number of amides is 1. The minimum absolute atomic E-state index is 0.0327. The van der Waals surface area contributed by atoms with Crippen LogP contribution in [0.2, 0.25) is 0 Å². The molecular weight excluding hydrogens is 228 g/mol. The van der Waals surface area contributed by atoms with Crippen LogP contribution in [0.3, 0.4) is 0 Å². The second-order valence-corrected chi connectivity index (χ2v) is 5.14. The van der Waals surface area contributed by atoms with Gasteiger partial charge in [0, 0.05) is 19.5 Å². The average molecular weight is 250 g/mol. The zero-order valence-corrected chi connectivity index (χ0v) is 11.5. The van der Waals surface area contributed by atoms with Crippen LogP contribution >= 0.6 is 0 Å². The third-order valence-electron chi connectivity index (χ3n) is 4.28. The number of aromatic amines is 1. The van der Waals surface area contributed by atoms with Crippen LogP contribution < -0.4 is 0 Å². The summed E-state index contributed by atoms with van der Waals surface area (Å²) in [5, 5.41) is 6.80. The summed E-state index contributed by atoms with van der Waals surface area (Å²) in [6, 6.07) is 0. The molecule has 100 valence electrons. The Morgan fingerprint density at radius 1 is 1.39 bits per heavy atom. The third kappa shape index (κ3) is 2.26. The van der Waals surface area contributed by atoms with Gasteiger partial charge in [-0.25, -0.2) is 4.98 Å². The lowest BCUT2D eigenvalue weighted by molar-refractivity contribution is 0.0758. The Morgan fingerprint density at radius 2 is 2.11 bits per heavy atom. The van der Waals surface area contributed by atoms with Crippen LogP contribution in [0.15, 0.2) is 0 Å². The van der Waals surface area contributed by atoms with Crippen molar-refractivity contribution in [3.8, 4) is 0 Å². The smallest absolute Gasteiger partial charge is 0.293 e. The fourth-order valence-electron chi connectivity index (χ4n) is 2.63. The molecule has 5 heteroatoms. The summed E-state index contributed by atoms with van der Waals surface area (Å²) in [7, 11) is 0. The summed E-state index contributed by atoms with van der Waals surface area (Å²) in [6.07, 6.45) is 4.12. The molecule has 0 saturated carbocycles. The van der Waals surface area contributed by atoms with Crippen LogP contribution in [0.5, 0.6) is 0 Å². The molecule has 0 radical (unpaired) electrons. The van der Waals surface area contributed by atoms with Gasteiger partial charge in [-0.1, -0.05) is 20.8 Å². The highest BCUT2D eigenvalue weighted by atomic mass is 16.2. The van der Waals surface area contributed by atoms with Gasteiger partial charge >= 0.3 is 0 Å². The minimum Gasteiger partial charge on any atom is -0.335 e. The van der Waals surface area contributed by atoms with Gasteiger partial charge in [0.1, 0.15) is 5.82 Å². The molecule has 18 heavy (non-hydrogen) atoms. The maximum atomic E-state index is 12.3. The fourth-order valence-corrected chi connectivity index (χ4v) is 2.63. The Labute approximate surface area is 108 Å². The van der Waals surface area contributed by atoms with E-state index < -0.39 is 0 Å². The molecule has 1 aromatic rings. The van der Waals surface area contributed by atoms with E-state index in [-0.39, 0.29) is 5.91 Å². The first-order valence-corrected chi connectivity index (χ1v) is 6.84. The molecule has 0 aromatic carbocycles. The number of carbonyl (C=O) groups excluding carboxylic acids is 1. The Kier molecular flexibility index (Phi) is 3.68. The highest BCUT2D eigenvalue weighted by Crippen LogP contribution is 2.37. The molecular formula is C13H22N4O. The first-order chi connectivity index (χ1) is 8.64. The largest absolute Gasteiger partial charge is 0.335 e. The quantitative estimate of drug-likeness (QED) is 0.889. The van der Waals surface area contributed by atoms with E-state index in [4.69, 9.17) is 0 Å². The minimum atomic E-state index is -0.0327. The van der Waals surface area contributed by atoms with Crippen molar-refractivity contribution in [2.24, 2.45) is 5.41 Å². The topological polar surface area (TPSA) is 61.9 Å². The maximum absolute atomic E-state index is 12.3. The summed E-state index contributed by atoms with van der Waals surface area (Å²) in [5.41, 5.74) is 0.305. The predicted molar refractivity (Wildman–Crippen MR) is 69.3 cm³/mol. The first kappa shape index (κ1) is 13.1. The van der Waals surface area contributed by atoms with Crippen LogP contribution in [0.25, 0.3) is 0 Å². The lowest BCUT2D eigenvalue weighted by atomic mass is 9.82. The van der Waals surface area contributed by atoms with Crippen LogP contribution in [0, 0.1) is 5.41 Å². The zero-order valence-electron chi connectivity index (χ0n) is 11.5. The monoisotopic (exact) mass is 250 g/mol. The maximum Gasteiger partial charge on any atom is 0.293 e. The van der Waals surface area contributed by atoms with Gasteiger partial charge in [0.25, 0.3) is 5.91 Å². The standard InChI is InChI=1S/C13H22N4O/c1-4-10-14-11(16-15-10)12(18)17-8-7-13(5-2,6-3)9-17/h4-9H2,1-3H3,(H,14,15,16). The number of nitrogens with one attached hydrogen (secondary N) is 1. The van der Waals surface area contributed by atoms with Gasteiger partial charge in [0.15, 0.2) is 0 Å². The number of H-pyrrole nitrogens is 1. The highest BCUT2D eigenvalue weighted by molar-refractivity contribution is 5.90. The van der Waals surface area contributed by atoms with E-state index >= 15 is 0 Å². The first-order valence-electron chi connectivity index (χ1n) is 6.84. The molecule has 2 heterocycles. The molecule has 2 rings (SSSR count). The fraction of sp³-hybridized carbons (Fsp3) is 0.769. The summed E-state index contributed by atoms with van der Waals surface area (Å²) < 4.78 is 0. The summed E-state index contributed by atoms with van der Waals surface area (Å²) >= 11 is 0. The number of aryl methyl sites for hydroxylation is 1. The number of hydrogen-bond acceptors (Lipinski definition) is 3. The molecule has 0 bridgehead atoms. The van der Waals surface area contributed by atoms with Crippen LogP contribution in [-0.4, -0.2) is 39.1 Å². The third-order valence-corrected chi connectivity index (χ3v) is 4.28. The Morgan fingerprint density at radius 3 is 2.61 bits per heavy atom. The normalized spacial score (nSPS) is 18.3. The molecule has 1 saturated heterocycles. The lowest BCUT2D eigenvalue weighted by Gasteiger charge is -2.25.